The van der Waals surface area contributed by atoms with Crippen LogP contribution in [0.5, 0.6) is 0 Å². The van der Waals surface area contributed by atoms with Crippen LogP contribution in [-0.2, 0) is 6.54 Å². The molecule has 1 aliphatic rings. The minimum absolute atomic E-state index is 0. The summed E-state index contributed by atoms with van der Waals surface area (Å²) in [7, 11) is 0. The third kappa shape index (κ3) is 1.71. The first-order valence-electron chi connectivity index (χ1n) is 3.24. The molecule has 0 bridgehead atoms. The Bertz CT molecular complexity index is 288. The van der Waals surface area contributed by atoms with Crippen LogP contribution >= 0.6 is 24.8 Å². The molecule has 1 aromatic carbocycles. The third-order valence-corrected chi connectivity index (χ3v) is 1.70. The normalized spacial score (nSPS) is 12.2. The summed E-state index contributed by atoms with van der Waals surface area (Å²) in [5, 5.41) is 2.75. The minimum Gasteiger partial charge on any atom is -0.348 e. The predicted molar refractivity (Wildman–Crippen MR) is 52.1 cm³/mol. The highest BCUT2D eigenvalue weighted by molar-refractivity contribution is 5.98. The number of amides is 1. The molecule has 1 N–H and O–H groups in total. The average molecular weight is 206 g/mol. The lowest BCUT2D eigenvalue weighted by atomic mass is 10.1. The Labute approximate surface area is 83.2 Å². The molecule has 1 aliphatic heterocycles. The van der Waals surface area contributed by atoms with Gasteiger partial charge >= 0.3 is 0 Å². The van der Waals surface area contributed by atoms with E-state index >= 15 is 0 Å². The van der Waals surface area contributed by atoms with Crippen molar-refractivity contribution in [2.75, 3.05) is 0 Å². The standard InChI is InChI=1S/C8H7NO.2ClH/c10-8-7-4-2-1-3-6(7)5-9-8;;/h1-4H,5H2,(H,9,10);2*1H. The van der Waals surface area contributed by atoms with E-state index < -0.39 is 0 Å². The minimum atomic E-state index is 0. The largest absolute Gasteiger partial charge is 0.348 e. The van der Waals surface area contributed by atoms with Crippen LogP contribution in [0.4, 0.5) is 0 Å². The summed E-state index contributed by atoms with van der Waals surface area (Å²) < 4.78 is 0. The number of hydrogen-bond donors (Lipinski definition) is 1. The molecule has 4 heteroatoms. The zero-order valence-corrected chi connectivity index (χ0v) is 7.87. The van der Waals surface area contributed by atoms with E-state index in [1.54, 1.807) is 0 Å². The monoisotopic (exact) mass is 205 g/mol. The van der Waals surface area contributed by atoms with E-state index in [1.165, 1.54) is 0 Å². The first kappa shape index (κ1) is 11.3. The van der Waals surface area contributed by atoms with E-state index in [0.29, 0.717) is 6.54 Å². The van der Waals surface area contributed by atoms with Crippen LogP contribution in [-0.4, -0.2) is 5.91 Å². The van der Waals surface area contributed by atoms with E-state index in [4.69, 9.17) is 0 Å². The molecule has 66 valence electrons. The molecule has 0 saturated carbocycles. The van der Waals surface area contributed by atoms with Crippen molar-refractivity contribution in [3.8, 4) is 0 Å². The Morgan fingerprint density at radius 2 is 1.83 bits per heavy atom. The maximum atomic E-state index is 11.0. The Balaban J connectivity index is 0.000000605. The van der Waals surface area contributed by atoms with Gasteiger partial charge in [-0.15, -0.1) is 24.8 Å². The van der Waals surface area contributed by atoms with Gasteiger partial charge in [0.2, 0.25) is 0 Å². The molecule has 1 heterocycles. The number of halogens is 2. The zero-order chi connectivity index (χ0) is 6.97. The maximum Gasteiger partial charge on any atom is 0.251 e. The number of rotatable bonds is 0. The lowest BCUT2D eigenvalue weighted by molar-refractivity contribution is 0.0966. The average Bonchev–Trinajstić information content (AvgIpc) is 2.34. The fourth-order valence-electron chi connectivity index (χ4n) is 1.17. The summed E-state index contributed by atoms with van der Waals surface area (Å²) in [6, 6.07) is 7.63. The molecular weight excluding hydrogens is 197 g/mol. The number of hydrogen-bond acceptors (Lipinski definition) is 1. The Kier molecular flexibility index (Phi) is 4.07. The van der Waals surface area contributed by atoms with Gasteiger partial charge in [0.15, 0.2) is 0 Å². The summed E-state index contributed by atoms with van der Waals surface area (Å²) in [5.74, 6) is 0.0515. The van der Waals surface area contributed by atoms with E-state index in [0.717, 1.165) is 11.1 Å². The molecule has 0 radical (unpaired) electrons. The van der Waals surface area contributed by atoms with Crippen LogP contribution in [0, 0.1) is 0 Å². The smallest absolute Gasteiger partial charge is 0.251 e. The van der Waals surface area contributed by atoms with Crippen LogP contribution in [0.3, 0.4) is 0 Å². The molecule has 1 aromatic rings. The molecule has 0 aromatic heterocycles. The van der Waals surface area contributed by atoms with Crippen molar-refractivity contribution in [2.24, 2.45) is 0 Å². The molecule has 0 fully saturated rings. The van der Waals surface area contributed by atoms with Gasteiger partial charge in [-0.05, 0) is 11.6 Å². The second-order valence-electron chi connectivity index (χ2n) is 2.34. The SMILES string of the molecule is Cl.Cl.O=C1NCc2ccccc21. The van der Waals surface area contributed by atoms with Gasteiger partial charge in [0.05, 0.1) is 0 Å². The number of benzene rings is 1. The summed E-state index contributed by atoms with van der Waals surface area (Å²) in [4.78, 5) is 11.0. The lowest BCUT2D eigenvalue weighted by Gasteiger charge is -1.89. The van der Waals surface area contributed by atoms with E-state index in [1.807, 2.05) is 24.3 Å². The van der Waals surface area contributed by atoms with Crippen molar-refractivity contribution < 1.29 is 4.79 Å². The molecule has 0 unspecified atom stereocenters. The molecule has 0 saturated heterocycles. The summed E-state index contributed by atoms with van der Waals surface area (Å²) in [6.07, 6.45) is 0. The van der Waals surface area contributed by atoms with E-state index in [-0.39, 0.29) is 30.7 Å². The summed E-state index contributed by atoms with van der Waals surface area (Å²) in [6.45, 7) is 0.689. The second-order valence-corrected chi connectivity index (χ2v) is 2.34. The van der Waals surface area contributed by atoms with Crippen LogP contribution in [0.15, 0.2) is 24.3 Å². The highest BCUT2D eigenvalue weighted by Crippen LogP contribution is 2.13. The quantitative estimate of drug-likeness (QED) is 0.688. The van der Waals surface area contributed by atoms with Crippen molar-refractivity contribution in [1.29, 1.82) is 0 Å². The molecule has 1 amide bonds. The van der Waals surface area contributed by atoms with Crippen LogP contribution < -0.4 is 5.32 Å². The highest BCUT2D eigenvalue weighted by atomic mass is 35.5. The van der Waals surface area contributed by atoms with Gasteiger partial charge in [0, 0.05) is 12.1 Å². The van der Waals surface area contributed by atoms with Gasteiger partial charge in [-0.1, -0.05) is 18.2 Å². The molecule has 2 nitrogen and oxygen atoms in total. The van der Waals surface area contributed by atoms with Crippen molar-refractivity contribution >= 4 is 30.7 Å². The maximum absolute atomic E-state index is 11.0. The van der Waals surface area contributed by atoms with Crippen molar-refractivity contribution in [3.05, 3.63) is 35.4 Å². The molecule has 0 atom stereocenters. The van der Waals surface area contributed by atoms with E-state index in [9.17, 15) is 4.79 Å². The number of carbonyl (C=O) groups is 1. The second kappa shape index (κ2) is 4.33. The van der Waals surface area contributed by atoms with Gasteiger partial charge in [-0.25, -0.2) is 0 Å². The Morgan fingerprint density at radius 3 is 2.50 bits per heavy atom. The predicted octanol–water partition coefficient (Wildman–Crippen LogP) is 1.77. The molecule has 0 aliphatic carbocycles. The summed E-state index contributed by atoms with van der Waals surface area (Å²) >= 11 is 0. The molecule has 12 heavy (non-hydrogen) atoms. The third-order valence-electron chi connectivity index (χ3n) is 1.70. The zero-order valence-electron chi connectivity index (χ0n) is 6.24. The van der Waals surface area contributed by atoms with Crippen LogP contribution in [0.25, 0.3) is 0 Å². The molecule has 0 spiro atoms. The van der Waals surface area contributed by atoms with Gasteiger partial charge in [0.25, 0.3) is 5.91 Å². The first-order valence-corrected chi connectivity index (χ1v) is 3.24. The Hall–Kier alpha value is -0.730. The van der Waals surface area contributed by atoms with E-state index in [2.05, 4.69) is 5.32 Å². The lowest BCUT2D eigenvalue weighted by Crippen LogP contribution is -2.12. The van der Waals surface area contributed by atoms with Crippen LogP contribution in [0.1, 0.15) is 15.9 Å². The van der Waals surface area contributed by atoms with Crippen molar-refractivity contribution in [1.82, 2.24) is 5.32 Å². The number of carbonyl (C=O) groups excluding carboxylic acids is 1. The van der Waals surface area contributed by atoms with Gasteiger partial charge < -0.3 is 5.32 Å². The molecular formula is C8H9Cl2NO. The fourth-order valence-corrected chi connectivity index (χ4v) is 1.17. The summed E-state index contributed by atoms with van der Waals surface area (Å²) in [5.41, 5.74) is 1.93. The van der Waals surface area contributed by atoms with Crippen molar-refractivity contribution in [2.45, 2.75) is 6.54 Å². The van der Waals surface area contributed by atoms with Gasteiger partial charge in [-0.2, -0.15) is 0 Å². The Morgan fingerprint density at radius 1 is 1.17 bits per heavy atom. The van der Waals surface area contributed by atoms with Gasteiger partial charge in [-0.3, -0.25) is 4.79 Å². The molecule has 2 rings (SSSR count). The van der Waals surface area contributed by atoms with Crippen molar-refractivity contribution in [3.63, 3.8) is 0 Å². The van der Waals surface area contributed by atoms with Crippen LogP contribution in [0.2, 0.25) is 0 Å². The number of fused-ring (bicyclic) bond motifs is 1. The highest BCUT2D eigenvalue weighted by Gasteiger charge is 2.16. The first-order chi connectivity index (χ1) is 4.88. The van der Waals surface area contributed by atoms with Gasteiger partial charge in [0.1, 0.15) is 0 Å². The number of nitrogens with one attached hydrogen (secondary N) is 1. The topological polar surface area (TPSA) is 29.1 Å². The fraction of sp³-hybridized carbons (Fsp3) is 0.125.